The molecule has 0 aliphatic carbocycles. The van der Waals surface area contributed by atoms with E-state index in [4.69, 9.17) is 4.52 Å². The molecule has 1 atom stereocenters. The molecule has 1 aliphatic rings. The fourth-order valence-corrected chi connectivity index (χ4v) is 2.64. The Balaban J connectivity index is 1.86. The van der Waals surface area contributed by atoms with Gasteiger partial charge in [-0.05, 0) is 26.3 Å². The third kappa shape index (κ3) is 5.79. The smallest absolute Gasteiger partial charge is 0.388 e. The quantitative estimate of drug-likeness (QED) is 0.810. The average Bonchev–Trinajstić information content (AvgIpc) is 2.80. The summed E-state index contributed by atoms with van der Waals surface area (Å²) in [6.07, 6.45) is -3.17. The highest BCUT2D eigenvalue weighted by atomic mass is 19.4. The number of likely N-dealkylation sites (tertiary alicyclic amines) is 1. The fourth-order valence-electron chi connectivity index (χ4n) is 2.64. The van der Waals surface area contributed by atoms with Gasteiger partial charge in [-0.1, -0.05) is 5.16 Å². The van der Waals surface area contributed by atoms with Crippen molar-refractivity contribution in [2.45, 2.75) is 38.0 Å². The second-order valence-corrected chi connectivity index (χ2v) is 5.84. The summed E-state index contributed by atoms with van der Waals surface area (Å²) in [6.45, 7) is 0.806. The van der Waals surface area contributed by atoms with Crippen LogP contribution < -0.4 is 5.32 Å². The first-order valence-corrected chi connectivity index (χ1v) is 7.23. The van der Waals surface area contributed by atoms with Crippen LogP contribution in [0.25, 0.3) is 0 Å². The second kappa shape index (κ2) is 6.83. The van der Waals surface area contributed by atoms with Crippen molar-refractivity contribution in [2.75, 3.05) is 26.2 Å². The van der Waals surface area contributed by atoms with E-state index < -0.39 is 24.2 Å². The second-order valence-electron chi connectivity index (χ2n) is 5.84. The summed E-state index contributed by atoms with van der Waals surface area (Å²) in [4.78, 5) is 17.2. The van der Waals surface area contributed by atoms with Gasteiger partial charge < -0.3 is 14.9 Å². The first-order valence-electron chi connectivity index (χ1n) is 7.23. The molecule has 2 N–H and O–H groups in total. The number of β-amino-alcohol motifs (C(OH)–C–C–N with tert-alkyl or cyclic N) is 1. The van der Waals surface area contributed by atoms with Crippen molar-refractivity contribution in [1.29, 1.82) is 0 Å². The molecule has 0 bridgehead atoms. The Morgan fingerprint density at radius 1 is 1.52 bits per heavy atom. The Bertz CT molecular complexity index is 549. The molecule has 0 aromatic carbocycles. The molecule has 1 saturated heterocycles. The fraction of sp³-hybridized carbons (Fsp3) is 0.769. The van der Waals surface area contributed by atoms with Gasteiger partial charge in [0, 0.05) is 6.54 Å². The normalized spacial score (nSPS) is 23.0. The summed E-state index contributed by atoms with van der Waals surface area (Å²) >= 11 is 0. The molecule has 130 valence electrons. The van der Waals surface area contributed by atoms with Crippen LogP contribution in [-0.4, -0.2) is 64.0 Å². The summed E-state index contributed by atoms with van der Waals surface area (Å²) in [5, 5.41) is 16.1. The number of alkyl halides is 3. The van der Waals surface area contributed by atoms with E-state index in [1.807, 2.05) is 5.32 Å². The maximum Gasteiger partial charge on any atom is 0.405 e. The third-order valence-electron chi connectivity index (χ3n) is 3.54. The highest BCUT2D eigenvalue weighted by Gasteiger charge is 2.36. The van der Waals surface area contributed by atoms with E-state index in [2.05, 4.69) is 10.1 Å². The number of nitrogens with one attached hydrogen (secondary N) is 1. The molecule has 2 heterocycles. The number of aromatic nitrogens is 2. The van der Waals surface area contributed by atoms with Crippen LogP contribution in [0.5, 0.6) is 0 Å². The first-order chi connectivity index (χ1) is 10.7. The molecule has 1 aromatic heterocycles. The van der Waals surface area contributed by atoms with Crippen LogP contribution in [0.1, 0.15) is 24.6 Å². The lowest BCUT2D eigenvalue weighted by Crippen LogP contribution is -2.52. The minimum absolute atomic E-state index is 0.147. The van der Waals surface area contributed by atoms with Gasteiger partial charge in [-0.2, -0.15) is 18.2 Å². The lowest BCUT2D eigenvalue weighted by molar-refractivity contribution is -0.140. The summed E-state index contributed by atoms with van der Waals surface area (Å²) < 4.78 is 41.2. The standard InChI is InChI=1S/C13H19F3N4O3/c1-9-18-11(23-19-9)5-12(22)3-2-4-20(8-12)6-10(21)17-7-13(14,15)16/h22H,2-8H2,1H3,(H,17,21). The summed E-state index contributed by atoms with van der Waals surface area (Å²) in [5.74, 6) is 0.0383. The van der Waals surface area contributed by atoms with Crippen LogP contribution in [0.2, 0.25) is 0 Å². The Morgan fingerprint density at radius 3 is 2.87 bits per heavy atom. The van der Waals surface area contributed by atoms with Gasteiger partial charge in [-0.15, -0.1) is 0 Å². The van der Waals surface area contributed by atoms with Crippen LogP contribution in [0, 0.1) is 6.92 Å². The number of nitrogens with zero attached hydrogens (tertiary/aromatic N) is 3. The van der Waals surface area contributed by atoms with E-state index in [-0.39, 0.29) is 19.5 Å². The number of amides is 1. The van der Waals surface area contributed by atoms with E-state index >= 15 is 0 Å². The zero-order valence-corrected chi connectivity index (χ0v) is 12.7. The molecule has 2 rings (SSSR count). The lowest BCUT2D eigenvalue weighted by atomic mass is 9.89. The predicted molar refractivity (Wildman–Crippen MR) is 72.4 cm³/mol. The van der Waals surface area contributed by atoms with E-state index in [1.54, 1.807) is 11.8 Å². The summed E-state index contributed by atoms with van der Waals surface area (Å²) in [7, 11) is 0. The number of rotatable bonds is 5. The highest BCUT2D eigenvalue weighted by molar-refractivity contribution is 5.78. The molecule has 1 aliphatic heterocycles. The van der Waals surface area contributed by atoms with Crippen molar-refractivity contribution < 1.29 is 27.6 Å². The molecule has 0 spiro atoms. The molecular weight excluding hydrogens is 317 g/mol. The van der Waals surface area contributed by atoms with Crippen LogP contribution in [-0.2, 0) is 11.2 Å². The molecule has 0 radical (unpaired) electrons. The summed E-state index contributed by atoms with van der Waals surface area (Å²) in [5.41, 5.74) is -1.14. The number of halogens is 3. The number of hydrogen-bond acceptors (Lipinski definition) is 6. The van der Waals surface area contributed by atoms with Crippen molar-refractivity contribution in [3.63, 3.8) is 0 Å². The topological polar surface area (TPSA) is 91.5 Å². The van der Waals surface area contributed by atoms with Crippen molar-refractivity contribution in [3.8, 4) is 0 Å². The molecule has 1 fully saturated rings. The zero-order valence-electron chi connectivity index (χ0n) is 12.7. The van der Waals surface area contributed by atoms with Gasteiger partial charge in [0.2, 0.25) is 11.8 Å². The van der Waals surface area contributed by atoms with E-state index in [9.17, 15) is 23.1 Å². The minimum atomic E-state index is -4.44. The molecule has 23 heavy (non-hydrogen) atoms. The Kier molecular flexibility index (Phi) is 5.25. The number of aliphatic hydroxyl groups is 1. The van der Waals surface area contributed by atoms with Gasteiger partial charge in [0.1, 0.15) is 6.54 Å². The largest absolute Gasteiger partial charge is 0.405 e. The Hall–Kier alpha value is -1.68. The molecule has 0 saturated carbocycles. The zero-order chi connectivity index (χ0) is 17.1. The monoisotopic (exact) mass is 336 g/mol. The minimum Gasteiger partial charge on any atom is -0.388 e. The van der Waals surface area contributed by atoms with Gasteiger partial charge >= 0.3 is 6.18 Å². The SMILES string of the molecule is Cc1noc(CC2(O)CCCN(CC(=O)NCC(F)(F)F)C2)n1. The van der Waals surface area contributed by atoms with Crippen molar-refractivity contribution in [3.05, 3.63) is 11.7 Å². The van der Waals surface area contributed by atoms with E-state index in [1.165, 1.54) is 0 Å². The Labute approximate surface area is 130 Å². The first kappa shape index (κ1) is 17.7. The number of aryl methyl sites for hydroxylation is 1. The number of hydrogen-bond donors (Lipinski definition) is 2. The number of carbonyl (C=O) groups excluding carboxylic acids is 1. The number of piperidine rings is 1. The van der Waals surface area contributed by atoms with Gasteiger partial charge in [-0.25, -0.2) is 0 Å². The maximum atomic E-state index is 12.1. The maximum absolute atomic E-state index is 12.1. The van der Waals surface area contributed by atoms with Crippen molar-refractivity contribution >= 4 is 5.91 Å². The van der Waals surface area contributed by atoms with Gasteiger partial charge in [0.15, 0.2) is 5.82 Å². The van der Waals surface area contributed by atoms with Gasteiger partial charge in [0.05, 0.1) is 18.6 Å². The molecule has 1 unspecified atom stereocenters. The third-order valence-corrected chi connectivity index (χ3v) is 3.54. The van der Waals surface area contributed by atoms with Gasteiger partial charge in [-0.3, -0.25) is 9.69 Å². The molecule has 10 heteroatoms. The van der Waals surface area contributed by atoms with Gasteiger partial charge in [0.25, 0.3) is 0 Å². The van der Waals surface area contributed by atoms with Crippen molar-refractivity contribution in [1.82, 2.24) is 20.4 Å². The predicted octanol–water partition coefficient (Wildman–Crippen LogP) is 0.426. The van der Waals surface area contributed by atoms with E-state index in [0.29, 0.717) is 31.1 Å². The summed E-state index contributed by atoms with van der Waals surface area (Å²) in [6, 6.07) is 0. The van der Waals surface area contributed by atoms with Crippen LogP contribution in [0.15, 0.2) is 4.52 Å². The molecule has 7 nitrogen and oxygen atoms in total. The molecule has 1 aromatic rings. The van der Waals surface area contributed by atoms with Crippen LogP contribution in [0.3, 0.4) is 0 Å². The van der Waals surface area contributed by atoms with Crippen molar-refractivity contribution in [2.24, 2.45) is 0 Å². The average molecular weight is 336 g/mol. The lowest BCUT2D eigenvalue weighted by Gasteiger charge is -2.38. The Morgan fingerprint density at radius 2 is 2.26 bits per heavy atom. The van der Waals surface area contributed by atoms with E-state index in [0.717, 1.165) is 0 Å². The molecular formula is C13H19F3N4O3. The highest BCUT2D eigenvalue weighted by Crippen LogP contribution is 2.24. The molecule has 1 amide bonds. The number of carbonyl (C=O) groups is 1. The van der Waals surface area contributed by atoms with Crippen LogP contribution >= 0.6 is 0 Å². The van der Waals surface area contributed by atoms with Crippen LogP contribution in [0.4, 0.5) is 13.2 Å².